The molecule has 0 saturated carbocycles. The molecule has 1 N–H and O–H groups in total. The maximum atomic E-state index is 13.8. The zero-order chi connectivity index (χ0) is 20.1. The lowest BCUT2D eigenvalue weighted by molar-refractivity contribution is -0.135. The summed E-state index contributed by atoms with van der Waals surface area (Å²) in [5, 5.41) is 7.69. The van der Waals surface area contributed by atoms with Crippen LogP contribution in [-0.4, -0.2) is 20.7 Å². The predicted octanol–water partition coefficient (Wildman–Crippen LogP) is 3.51. The summed E-state index contributed by atoms with van der Waals surface area (Å²) in [6.07, 6.45) is 1.59. The number of benzene rings is 2. The number of ether oxygens (including phenoxy) is 1. The summed E-state index contributed by atoms with van der Waals surface area (Å²) in [7, 11) is 1.70. The van der Waals surface area contributed by atoms with Gasteiger partial charge in [-0.1, -0.05) is 24.3 Å². The summed E-state index contributed by atoms with van der Waals surface area (Å²) in [5.74, 6) is -1.07. The highest BCUT2D eigenvalue weighted by atomic mass is 19.1. The molecule has 0 fully saturated rings. The van der Waals surface area contributed by atoms with Gasteiger partial charge >= 0.3 is 5.97 Å². The first kappa shape index (κ1) is 17.4. The smallest absolute Gasteiger partial charge is 0.312 e. The molecule has 5 rings (SSSR count). The van der Waals surface area contributed by atoms with E-state index in [9.17, 15) is 14.0 Å². The average molecular weight is 389 g/mol. The zero-order valence-corrected chi connectivity index (χ0v) is 15.5. The molecular formula is C22H16FN3O3. The van der Waals surface area contributed by atoms with Gasteiger partial charge in [0.05, 0.1) is 29.4 Å². The molecule has 2 aromatic heterocycles. The minimum absolute atomic E-state index is 0.00241. The van der Waals surface area contributed by atoms with E-state index < -0.39 is 11.9 Å². The Morgan fingerprint density at radius 3 is 2.83 bits per heavy atom. The molecule has 0 amide bonds. The second-order valence-corrected chi connectivity index (χ2v) is 7.07. The van der Waals surface area contributed by atoms with Gasteiger partial charge in [-0.3, -0.25) is 14.7 Å². The molecule has 1 aliphatic heterocycles. The SMILES string of the molecule is Cn1c(=O)c2c(c3ccccc31)OC(=O)CC2c1cn[nH]c1-c1cccc(F)c1. The van der Waals surface area contributed by atoms with Gasteiger partial charge in [0.15, 0.2) is 0 Å². The van der Waals surface area contributed by atoms with Crippen molar-refractivity contribution in [2.75, 3.05) is 0 Å². The van der Waals surface area contributed by atoms with E-state index in [4.69, 9.17) is 4.74 Å². The maximum Gasteiger partial charge on any atom is 0.312 e. The number of rotatable bonds is 2. The lowest BCUT2D eigenvalue weighted by Gasteiger charge is -2.26. The molecule has 0 radical (unpaired) electrons. The van der Waals surface area contributed by atoms with Crippen molar-refractivity contribution in [2.45, 2.75) is 12.3 Å². The highest BCUT2D eigenvalue weighted by molar-refractivity contribution is 5.92. The number of aryl methyl sites for hydroxylation is 1. The molecule has 0 aliphatic carbocycles. The fourth-order valence-electron chi connectivity index (χ4n) is 4.03. The zero-order valence-electron chi connectivity index (χ0n) is 15.5. The van der Waals surface area contributed by atoms with Crippen LogP contribution in [0.2, 0.25) is 0 Å². The molecule has 4 aromatic rings. The molecule has 0 saturated heterocycles. The van der Waals surface area contributed by atoms with Gasteiger partial charge in [0.2, 0.25) is 0 Å². The number of nitrogens with one attached hydrogen (secondary N) is 1. The number of para-hydroxylation sites is 1. The molecule has 0 bridgehead atoms. The Bertz CT molecular complexity index is 1340. The number of nitrogens with zero attached hydrogens (tertiary/aromatic N) is 2. The van der Waals surface area contributed by atoms with Gasteiger partial charge in [0, 0.05) is 29.5 Å². The van der Waals surface area contributed by atoms with Crippen molar-refractivity contribution in [3.05, 3.63) is 82.0 Å². The van der Waals surface area contributed by atoms with Crippen LogP contribution in [-0.2, 0) is 11.8 Å². The summed E-state index contributed by atoms with van der Waals surface area (Å²) in [6, 6.07) is 13.4. The third-order valence-corrected chi connectivity index (χ3v) is 5.38. The minimum Gasteiger partial charge on any atom is -0.425 e. The number of halogens is 1. The third-order valence-electron chi connectivity index (χ3n) is 5.38. The molecule has 144 valence electrons. The van der Waals surface area contributed by atoms with E-state index in [1.54, 1.807) is 29.9 Å². The highest BCUT2D eigenvalue weighted by Crippen LogP contribution is 2.42. The molecule has 3 heterocycles. The fraction of sp³-hybridized carbons (Fsp3) is 0.136. The van der Waals surface area contributed by atoms with Crippen LogP contribution in [0.3, 0.4) is 0 Å². The van der Waals surface area contributed by atoms with Crippen LogP contribution in [0, 0.1) is 5.82 Å². The van der Waals surface area contributed by atoms with Crippen LogP contribution < -0.4 is 10.3 Å². The molecule has 1 unspecified atom stereocenters. The Labute approximate surface area is 164 Å². The van der Waals surface area contributed by atoms with Gasteiger partial charge in [-0.05, 0) is 24.3 Å². The van der Waals surface area contributed by atoms with Crippen LogP contribution in [0.1, 0.15) is 23.5 Å². The van der Waals surface area contributed by atoms with Crippen molar-refractivity contribution in [1.82, 2.24) is 14.8 Å². The molecule has 7 heteroatoms. The average Bonchev–Trinajstić information content (AvgIpc) is 3.21. The number of aromatic nitrogens is 3. The maximum absolute atomic E-state index is 13.8. The number of esters is 1. The topological polar surface area (TPSA) is 77.0 Å². The number of carbonyl (C=O) groups is 1. The van der Waals surface area contributed by atoms with E-state index in [0.717, 1.165) is 0 Å². The number of H-pyrrole nitrogens is 1. The van der Waals surface area contributed by atoms with Crippen molar-refractivity contribution in [3.63, 3.8) is 0 Å². The third kappa shape index (κ3) is 2.66. The Kier molecular flexibility index (Phi) is 3.84. The molecule has 1 aliphatic rings. The monoisotopic (exact) mass is 389 g/mol. The quantitative estimate of drug-likeness (QED) is 0.532. The van der Waals surface area contributed by atoms with Crippen LogP contribution in [0.25, 0.3) is 22.2 Å². The Hall–Kier alpha value is -3.74. The lowest BCUT2D eigenvalue weighted by atomic mass is 9.85. The van der Waals surface area contributed by atoms with Gasteiger partial charge in [-0.25, -0.2) is 4.39 Å². The summed E-state index contributed by atoms with van der Waals surface area (Å²) >= 11 is 0. The molecule has 2 aromatic carbocycles. The van der Waals surface area contributed by atoms with Crippen LogP contribution in [0.5, 0.6) is 5.75 Å². The number of fused-ring (bicyclic) bond motifs is 3. The van der Waals surface area contributed by atoms with Gasteiger partial charge in [-0.15, -0.1) is 0 Å². The van der Waals surface area contributed by atoms with E-state index in [-0.39, 0.29) is 23.5 Å². The first-order chi connectivity index (χ1) is 14.0. The normalized spacial score (nSPS) is 15.9. The van der Waals surface area contributed by atoms with Crippen LogP contribution in [0.15, 0.2) is 59.5 Å². The molecule has 29 heavy (non-hydrogen) atoms. The number of carbonyl (C=O) groups excluding carboxylic acids is 1. The van der Waals surface area contributed by atoms with E-state index in [0.29, 0.717) is 33.3 Å². The number of hydrogen-bond donors (Lipinski definition) is 1. The van der Waals surface area contributed by atoms with E-state index in [2.05, 4.69) is 10.2 Å². The van der Waals surface area contributed by atoms with E-state index in [1.165, 1.54) is 12.1 Å². The van der Waals surface area contributed by atoms with Crippen molar-refractivity contribution < 1.29 is 13.9 Å². The molecule has 0 spiro atoms. The second kappa shape index (κ2) is 6.41. The van der Waals surface area contributed by atoms with Crippen molar-refractivity contribution in [2.24, 2.45) is 7.05 Å². The Morgan fingerprint density at radius 1 is 1.17 bits per heavy atom. The van der Waals surface area contributed by atoms with Gasteiger partial charge in [0.25, 0.3) is 5.56 Å². The Morgan fingerprint density at radius 2 is 2.00 bits per heavy atom. The van der Waals surface area contributed by atoms with Gasteiger partial charge in [-0.2, -0.15) is 5.10 Å². The van der Waals surface area contributed by atoms with E-state index in [1.807, 2.05) is 24.3 Å². The van der Waals surface area contributed by atoms with Crippen LogP contribution >= 0.6 is 0 Å². The largest absolute Gasteiger partial charge is 0.425 e. The van der Waals surface area contributed by atoms with Gasteiger partial charge in [0.1, 0.15) is 11.6 Å². The number of pyridine rings is 1. The summed E-state index contributed by atoms with van der Waals surface area (Å²) < 4.78 is 20.9. The Balaban J connectivity index is 1.78. The standard InChI is InChI=1S/C22H16FN3O3/c1-26-17-8-3-2-7-14(17)21-19(22(26)28)15(10-18(27)29-21)16-11-24-25-20(16)12-5-4-6-13(23)9-12/h2-9,11,15H,10H2,1H3,(H,24,25). The minimum atomic E-state index is -0.549. The molecule has 1 atom stereocenters. The number of hydrogen-bond acceptors (Lipinski definition) is 4. The first-order valence-electron chi connectivity index (χ1n) is 9.16. The van der Waals surface area contributed by atoms with E-state index >= 15 is 0 Å². The van der Waals surface area contributed by atoms with Crippen molar-refractivity contribution >= 4 is 16.9 Å². The fourth-order valence-corrected chi connectivity index (χ4v) is 4.03. The summed E-state index contributed by atoms with van der Waals surface area (Å²) in [4.78, 5) is 25.7. The predicted molar refractivity (Wildman–Crippen MR) is 105 cm³/mol. The lowest BCUT2D eigenvalue weighted by Crippen LogP contribution is -2.31. The summed E-state index contributed by atoms with van der Waals surface area (Å²) in [6.45, 7) is 0. The highest BCUT2D eigenvalue weighted by Gasteiger charge is 2.35. The summed E-state index contributed by atoms with van der Waals surface area (Å²) in [5.41, 5.74) is 2.68. The number of aromatic amines is 1. The second-order valence-electron chi connectivity index (χ2n) is 7.07. The van der Waals surface area contributed by atoms with Gasteiger partial charge < -0.3 is 9.30 Å². The first-order valence-corrected chi connectivity index (χ1v) is 9.16. The van der Waals surface area contributed by atoms with Crippen LogP contribution in [0.4, 0.5) is 4.39 Å². The molecular weight excluding hydrogens is 373 g/mol. The van der Waals surface area contributed by atoms with Crippen molar-refractivity contribution in [3.8, 4) is 17.0 Å². The molecule has 6 nitrogen and oxygen atoms in total. The van der Waals surface area contributed by atoms with Crippen molar-refractivity contribution in [1.29, 1.82) is 0 Å².